The van der Waals surface area contributed by atoms with Crippen molar-refractivity contribution in [1.82, 2.24) is 5.32 Å². The normalized spacial score (nSPS) is 14.6. The molecule has 1 aromatic carbocycles. The molecule has 0 saturated heterocycles. The van der Waals surface area contributed by atoms with Gasteiger partial charge in [-0.2, -0.15) is 0 Å². The molecule has 0 aliphatic heterocycles. The molecule has 1 aromatic rings. The summed E-state index contributed by atoms with van der Waals surface area (Å²) in [6.07, 6.45) is 1.13. The molecule has 2 unspecified atom stereocenters. The topological polar surface area (TPSA) is 12.0 Å². The number of hydrogen-bond donors (Lipinski definition) is 1. The first-order valence-electron chi connectivity index (χ1n) is 6.22. The van der Waals surface area contributed by atoms with Crippen molar-refractivity contribution in [1.29, 1.82) is 0 Å². The highest BCUT2D eigenvalue weighted by molar-refractivity contribution is 9.10. The van der Waals surface area contributed by atoms with Crippen LogP contribution in [0.15, 0.2) is 22.7 Å². The number of nitrogens with one attached hydrogen (secondary N) is 1. The maximum Gasteiger partial charge on any atom is 0.126 e. The average Bonchev–Trinajstić information content (AvgIpc) is 2.31. The monoisotopic (exact) mass is 301 g/mol. The molecule has 96 valence electrons. The minimum Gasteiger partial charge on any atom is -0.316 e. The van der Waals surface area contributed by atoms with Gasteiger partial charge < -0.3 is 5.32 Å². The van der Waals surface area contributed by atoms with E-state index < -0.39 is 0 Å². The summed E-state index contributed by atoms with van der Waals surface area (Å²) in [6.45, 7) is 8.35. The summed E-state index contributed by atoms with van der Waals surface area (Å²) in [6, 6.07) is 5.16. The summed E-state index contributed by atoms with van der Waals surface area (Å²) in [5, 5.41) is 3.39. The van der Waals surface area contributed by atoms with Crippen molar-refractivity contribution >= 4 is 15.9 Å². The molecule has 0 heterocycles. The Balaban J connectivity index is 2.67. The van der Waals surface area contributed by atoms with E-state index in [0.29, 0.717) is 5.92 Å². The van der Waals surface area contributed by atoms with Gasteiger partial charge in [0, 0.05) is 4.47 Å². The highest BCUT2D eigenvalue weighted by Gasteiger charge is 2.17. The number of halogens is 2. The maximum absolute atomic E-state index is 13.7. The van der Waals surface area contributed by atoms with Crippen LogP contribution in [0.1, 0.15) is 38.7 Å². The zero-order valence-corrected chi connectivity index (χ0v) is 12.3. The number of rotatable bonds is 6. The summed E-state index contributed by atoms with van der Waals surface area (Å²) in [5.41, 5.74) is 0.796. The van der Waals surface area contributed by atoms with Crippen molar-refractivity contribution < 1.29 is 4.39 Å². The van der Waals surface area contributed by atoms with Crippen molar-refractivity contribution in [3.05, 3.63) is 34.1 Å². The second-order valence-corrected chi connectivity index (χ2v) is 5.55. The van der Waals surface area contributed by atoms with E-state index in [9.17, 15) is 4.39 Å². The Labute approximate surface area is 112 Å². The van der Waals surface area contributed by atoms with Gasteiger partial charge in [-0.05, 0) is 55.1 Å². The molecule has 1 rings (SSSR count). The third kappa shape index (κ3) is 4.40. The molecule has 0 amide bonds. The van der Waals surface area contributed by atoms with Gasteiger partial charge in [-0.3, -0.25) is 0 Å². The molecule has 0 aliphatic rings. The Kier molecular flexibility index (Phi) is 6.14. The van der Waals surface area contributed by atoms with Crippen LogP contribution in [0.3, 0.4) is 0 Å². The Morgan fingerprint density at radius 2 is 2.06 bits per heavy atom. The number of hydrogen-bond acceptors (Lipinski definition) is 1. The van der Waals surface area contributed by atoms with Gasteiger partial charge in [0.25, 0.3) is 0 Å². The molecular formula is C14H21BrFN. The minimum atomic E-state index is -0.108. The summed E-state index contributed by atoms with van der Waals surface area (Å²) < 4.78 is 14.7. The minimum absolute atomic E-state index is 0.108. The second-order valence-electron chi connectivity index (χ2n) is 4.64. The van der Waals surface area contributed by atoms with Crippen molar-refractivity contribution in [2.75, 3.05) is 13.1 Å². The molecule has 3 heteroatoms. The van der Waals surface area contributed by atoms with Gasteiger partial charge in [0.2, 0.25) is 0 Å². The summed E-state index contributed by atoms with van der Waals surface area (Å²) in [5.74, 6) is 0.533. The number of benzene rings is 1. The van der Waals surface area contributed by atoms with Gasteiger partial charge in [-0.25, -0.2) is 4.39 Å². The van der Waals surface area contributed by atoms with Crippen LogP contribution in [0.25, 0.3) is 0 Å². The Hall–Kier alpha value is -0.410. The largest absolute Gasteiger partial charge is 0.316 e. The Morgan fingerprint density at radius 3 is 2.71 bits per heavy atom. The zero-order valence-electron chi connectivity index (χ0n) is 10.8. The summed E-state index contributed by atoms with van der Waals surface area (Å²) in [4.78, 5) is 0. The van der Waals surface area contributed by atoms with Crippen LogP contribution in [-0.4, -0.2) is 13.1 Å². The first-order valence-corrected chi connectivity index (χ1v) is 7.01. The molecule has 0 spiro atoms. The van der Waals surface area contributed by atoms with E-state index in [1.807, 2.05) is 6.07 Å². The smallest absolute Gasteiger partial charge is 0.126 e. The quantitative estimate of drug-likeness (QED) is 0.771. The molecule has 0 saturated carbocycles. The van der Waals surface area contributed by atoms with Crippen LogP contribution < -0.4 is 5.32 Å². The molecule has 0 aliphatic carbocycles. The van der Waals surface area contributed by atoms with Crippen LogP contribution >= 0.6 is 15.9 Å². The molecular weight excluding hydrogens is 281 g/mol. The maximum atomic E-state index is 13.7. The predicted octanol–water partition coefficient (Wildman–Crippen LogP) is 4.33. The molecule has 1 nitrogen and oxygen atoms in total. The van der Waals surface area contributed by atoms with Gasteiger partial charge in [0.05, 0.1) is 0 Å². The van der Waals surface area contributed by atoms with Gasteiger partial charge in [-0.1, -0.05) is 36.7 Å². The third-order valence-corrected chi connectivity index (χ3v) is 3.69. The van der Waals surface area contributed by atoms with Gasteiger partial charge in [0.1, 0.15) is 5.82 Å². The van der Waals surface area contributed by atoms with Crippen molar-refractivity contribution in [3.8, 4) is 0 Å². The van der Waals surface area contributed by atoms with Crippen molar-refractivity contribution in [2.24, 2.45) is 5.92 Å². The van der Waals surface area contributed by atoms with E-state index in [4.69, 9.17) is 0 Å². The fourth-order valence-electron chi connectivity index (χ4n) is 1.85. The SMILES string of the molecule is CCCNCC(C)C(C)c1cc(Br)ccc1F. The van der Waals surface area contributed by atoms with Gasteiger partial charge >= 0.3 is 0 Å². The Morgan fingerprint density at radius 1 is 1.35 bits per heavy atom. The highest BCUT2D eigenvalue weighted by Crippen LogP contribution is 2.28. The van der Waals surface area contributed by atoms with Crippen LogP contribution in [0, 0.1) is 11.7 Å². The van der Waals surface area contributed by atoms with Gasteiger partial charge in [0.15, 0.2) is 0 Å². The predicted molar refractivity (Wildman–Crippen MR) is 74.8 cm³/mol. The first kappa shape index (κ1) is 14.7. The third-order valence-electron chi connectivity index (χ3n) is 3.20. The second kappa shape index (κ2) is 7.12. The average molecular weight is 302 g/mol. The lowest BCUT2D eigenvalue weighted by molar-refractivity contribution is 0.435. The van der Waals surface area contributed by atoms with E-state index in [0.717, 1.165) is 29.5 Å². The molecule has 1 N–H and O–H groups in total. The molecule has 0 aromatic heterocycles. The highest BCUT2D eigenvalue weighted by atomic mass is 79.9. The molecule has 0 radical (unpaired) electrons. The molecule has 17 heavy (non-hydrogen) atoms. The van der Waals surface area contributed by atoms with E-state index in [-0.39, 0.29) is 11.7 Å². The van der Waals surface area contributed by atoms with Crippen LogP contribution in [0.5, 0.6) is 0 Å². The lowest BCUT2D eigenvalue weighted by Crippen LogP contribution is -2.25. The molecule has 0 fully saturated rings. The standard InChI is InChI=1S/C14H21BrFN/c1-4-7-17-9-10(2)11(3)13-8-12(15)5-6-14(13)16/h5-6,8,10-11,17H,4,7,9H2,1-3H3. The fourth-order valence-corrected chi connectivity index (χ4v) is 2.23. The zero-order chi connectivity index (χ0) is 12.8. The van der Waals surface area contributed by atoms with E-state index >= 15 is 0 Å². The van der Waals surface area contributed by atoms with E-state index in [1.165, 1.54) is 6.07 Å². The lowest BCUT2D eigenvalue weighted by Gasteiger charge is -2.21. The van der Waals surface area contributed by atoms with Crippen LogP contribution in [-0.2, 0) is 0 Å². The van der Waals surface area contributed by atoms with Crippen LogP contribution in [0.4, 0.5) is 4.39 Å². The first-order chi connectivity index (χ1) is 8.06. The molecule has 0 bridgehead atoms. The van der Waals surface area contributed by atoms with Crippen LogP contribution in [0.2, 0.25) is 0 Å². The van der Waals surface area contributed by atoms with Gasteiger partial charge in [-0.15, -0.1) is 0 Å². The fraction of sp³-hybridized carbons (Fsp3) is 0.571. The lowest BCUT2D eigenvalue weighted by atomic mass is 9.88. The Bertz CT molecular complexity index is 354. The molecule has 2 atom stereocenters. The van der Waals surface area contributed by atoms with Crippen molar-refractivity contribution in [3.63, 3.8) is 0 Å². The summed E-state index contributed by atoms with van der Waals surface area (Å²) in [7, 11) is 0. The van der Waals surface area contributed by atoms with E-state index in [1.54, 1.807) is 6.07 Å². The van der Waals surface area contributed by atoms with E-state index in [2.05, 4.69) is 42.0 Å². The van der Waals surface area contributed by atoms with Crippen molar-refractivity contribution in [2.45, 2.75) is 33.1 Å². The summed E-state index contributed by atoms with van der Waals surface area (Å²) >= 11 is 3.40.